The highest BCUT2D eigenvalue weighted by atomic mass is 16.5. The van der Waals surface area contributed by atoms with E-state index in [1.54, 1.807) is 0 Å². The van der Waals surface area contributed by atoms with Crippen molar-refractivity contribution in [3.8, 4) is 5.75 Å². The van der Waals surface area contributed by atoms with Gasteiger partial charge in [0.15, 0.2) is 0 Å². The first-order valence-electron chi connectivity index (χ1n) is 5.40. The Labute approximate surface area is 91.4 Å². The summed E-state index contributed by atoms with van der Waals surface area (Å²) in [5.41, 5.74) is 7.92. The highest BCUT2D eigenvalue weighted by Gasteiger charge is 2.39. The van der Waals surface area contributed by atoms with Gasteiger partial charge >= 0.3 is 0 Å². The molecule has 2 rings (SSSR count). The zero-order valence-corrected chi connectivity index (χ0v) is 9.92. The van der Waals surface area contributed by atoms with Crippen LogP contribution < -0.4 is 10.5 Å². The summed E-state index contributed by atoms with van der Waals surface area (Å²) in [6.07, 6.45) is 1.01. The van der Waals surface area contributed by atoms with E-state index in [-0.39, 0.29) is 11.0 Å². The van der Waals surface area contributed by atoms with Crippen molar-refractivity contribution in [3.63, 3.8) is 0 Å². The maximum absolute atomic E-state index is 5.96. The summed E-state index contributed by atoms with van der Waals surface area (Å²) in [6, 6.07) is 6.01. The van der Waals surface area contributed by atoms with Gasteiger partial charge in [-0.2, -0.15) is 0 Å². The molecule has 0 bridgehead atoms. The number of nitrogens with two attached hydrogens (primary N) is 1. The molecule has 0 atom stereocenters. The van der Waals surface area contributed by atoms with Crippen LogP contribution in [0.1, 0.15) is 39.7 Å². The number of fused-ring (bicyclic) bond motifs is 1. The van der Waals surface area contributed by atoms with Crippen molar-refractivity contribution in [3.05, 3.63) is 23.8 Å². The molecule has 0 fully saturated rings. The van der Waals surface area contributed by atoms with Crippen LogP contribution in [0.25, 0.3) is 0 Å². The minimum absolute atomic E-state index is 0.131. The fourth-order valence-electron chi connectivity index (χ4n) is 2.67. The van der Waals surface area contributed by atoms with E-state index in [2.05, 4.69) is 33.8 Å². The van der Waals surface area contributed by atoms with Crippen LogP contribution in [0.2, 0.25) is 0 Å². The summed E-state index contributed by atoms with van der Waals surface area (Å²) in [4.78, 5) is 0. The molecule has 0 aliphatic carbocycles. The quantitative estimate of drug-likeness (QED) is 0.660. The molecule has 0 saturated carbocycles. The maximum atomic E-state index is 5.96. The van der Waals surface area contributed by atoms with Gasteiger partial charge in [-0.15, -0.1) is 0 Å². The molecule has 0 aromatic heterocycles. The van der Waals surface area contributed by atoms with Crippen molar-refractivity contribution in [2.24, 2.45) is 0 Å². The summed E-state index contributed by atoms with van der Waals surface area (Å²) >= 11 is 0. The Morgan fingerprint density at radius 3 is 2.53 bits per heavy atom. The van der Waals surface area contributed by atoms with Gasteiger partial charge in [-0.05, 0) is 31.7 Å². The molecule has 0 radical (unpaired) electrons. The monoisotopic (exact) mass is 205 g/mol. The topological polar surface area (TPSA) is 35.2 Å². The second kappa shape index (κ2) is 2.91. The normalized spacial score (nSPS) is 21.6. The lowest BCUT2D eigenvalue weighted by atomic mass is 9.73. The van der Waals surface area contributed by atoms with Crippen molar-refractivity contribution in [1.29, 1.82) is 0 Å². The zero-order chi connectivity index (χ0) is 11.3. The van der Waals surface area contributed by atoms with Gasteiger partial charge < -0.3 is 10.5 Å². The SMILES string of the molecule is CC1(C)CC(C)(C)c2cccc(N)c2O1. The van der Waals surface area contributed by atoms with Crippen LogP contribution in [0, 0.1) is 0 Å². The van der Waals surface area contributed by atoms with E-state index >= 15 is 0 Å². The Balaban J connectivity index is 2.60. The molecule has 1 aromatic carbocycles. The van der Waals surface area contributed by atoms with E-state index in [0.717, 1.165) is 17.9 Å². The molecular weight excluding hydrogens is 186 g/mol. The van der Waals surface area contributed by atoms with Crippen molar-refractivity contribution >= 4 is 5.69 Å². The Hall–Kier alpha value is -1.18. The number of nitrogen functional groups attached to an aromatic ring is 1. The third-order valence-electron chi connectivity index (χ3n) is 3.02. The lowest BCUT2D eigenvalue weighted by molar-refractivity contribution is 0.0544. The minimum Gasteiger partial charge on any atom is -0.485 e. The van der Waals surface area contributed by atoms with Gasteiger partial charge in [-0.25, -0.2) is 0 Å². The number of hydrogen-bond acceptors (Lipinski definition) is 2. The fourth-order valence-corrected chi connectivity index (χ4v) is 2.67. The molecule has 2 N–H and O–H groups in total. The van der Waals surface area contributed by atoms with Gasteiger partial charge in [-0.3, -0.25) is 0 Å². The van der Waals surface area contributed by atoms with Gasteiger partial charge in [0.05, 0.1) is 5.69 Å². The molecule has 82 valence electrons. The second-order valence-corrected chi connectivity index (χ2v) is 5.65. The van der Waals surface area contributed by atoms with Gasteiger partial charge in [-0.1, -0.05) is 26.0 Å². The van der Waals surface area contributed by atoms with Crippen LogP contribution in [0.15, 0.2) is 18.2 Å². The summed E-state index contributed by atoms with van der Waals surface area (Å²) in [7, 11) is 0. The number of benzene rings is 1. The second-order valence-electron chi connectivity index (χ2n) is 5.65. The highest BCUT2D eigenvalue weighted by molar-refractivity contribution is 5.60. The highest BCUT2D eigenvalue weighted by Crippen LogP contribution is 2.46. The van der Waals surface area contributed by atoms with Gasteiger partial charge in [0.1, 0.15) is 11.4 Å². The summed E-state index contributed by atoms with van der Waals surface area (Å²) in [5, 5.41) is 0. The number of ether oxygens (including phenoxy) is 1. The summed E-state index contributed by atoms with van der Waals surface area (Å²) < 4.78 is 5.96. The molecule has 0 spiro atoms. The van der Waals surface area contributed by atoms with Crippen LogP contribution >= 0.6 is 0 Å². The van der Waals surface area contributed by atoms with Crippen LogP contribution in [0.3, 0.4) is 0 Å². The number of hydrogen-bond donors (Lipinski definition) is 1. The average Bonchev–Trinajstić information content (AvgIpc) is 2.04. The molecule has 15 heavy (non-hydrogen) atoms. The van der Waals surface area contributed by atoms with E-state index in [9.17, 15) is 0 Å². The van der Waals surface area contributed by atoms with Crippen LogP contribution in [-0.2, 0) is 5.41 Å². The van der Waals surface area contributed by atoms with Gasteiger partial charge in [0, 0.05) is 5.56 Å². The zero-order valence-electron chi connectivity index (χ0n) is 9.92. The van der Waals surface area contributed by atoms with E-state index < -0.39 is 0 Å². The molecule has 0 unspecified atom stereocenters. The van der Waals surface area contributed by atoms with Gasteiger partial charge in [0.25, 0.3) is 0 Å². The molecule has 1 aliphatic rings. The predicted molar refractivity (Wildman–Crippen MR) is 63.2 cm³/mol. The van der Waals surface area contributed by atoms with E-state index in [0.29, 0.717) is 0 Å². The summed E-state index contributed by atoms with van der Waals surface area (Å²) in [6.45, 7) is 8.72. The molecular formula is C13H19NO. The van der Waals surface area contributed by atoms with E-state index in [4.69, 9.17) is 10.5 Å². The molecule has 1 aliphatic heterocycles. The van der Waals surface area contributed by atoms with Crippen molar-refractivity contribution in [1.82, 2.24) is 0 Å². The van der Waals surface area contributed by atoms with Crippen LogP contribution in [-0.4, -0.2) is 5.60 Å². The van der Waals surface area contributed by atoms with E-state index in [1.807, 2.05) is 12.1 Å². The van der Waals surface area contributed by atoms with E-state index in [1.165, 1.54) is 5.56 Å². The third-order valence-corrected chi connectivity index (χ3v) is 3.02. The molecule has 0 saturated heterocycles. The van der Waals surface area contributed by atoms with Crippen molar-refractivity contribution in [2.75, 3.05) is 5.73 Å². The lowest BCUT2D eigenvalue weighted by Gasteiger charge is -2.42. The minimum atomic E-state index is -0.133. The number of anilines is 1. The van der Waals surface area contributed by atoms with Crippen LogP contribution in [0.5, 0.6) is 5.75 Å². The lowest BCUT2D eigenvalue weighted by Crippen LogP contribution is -2.41. The first-order valence-corrected chi connectivity index (χ1v) is 5.40. The summed E-state index contributed by atoms with van der Waals surface area (Å²) in [5.74, 6) is 0.874. The Kier molecular flexibility index (Phi) is 2.00. The maximum Gasteiger partial charge on any atom is 0.146 e. The molecule has 1 heterocycles. The molecule has 0 amide bonds. The number of rotatable bonds is 0. The Morgan fingerprint density at radius 2 is 1.87 bits per heavy atom. The molecule has 2 nitrogen and oxygen atoms in total. The molecule has 1 aromatic rings. The Bertz CT molecular complexity index is 394. The number of para-hydroxylation sites is 1. The van der Waals surface area contributed by atoms with Crippen molar-refractivity contribution in [2.45, 2.75) is 45.1 Å². The van der Waals surface area contributed by atoms with Crippen molar-refractivity contribution < 1.29 is 4.74 Å². The average molecular weight is 205 g/mol. The fraction of sp³-hybridized carbons (Fsp3) is 0.538. The standard InChI is InChI=1S/C13H19NO/c1-12(2)8-13(3,4)15-11-9(12)6-5-7-10(11)14/h5-7H,8,14H2,1-4H3. The molecule has 2 heteroatoms. The largest absolute Gasteiger partial charge is 0.485 e. The first-order chi connectivity index (χ1) is 6.82. The third kappa shape index (κ3) is 1.69. The van der Waals surface area contributed by atoms with Crippen LogP contribution in [0.4, 0.5) is 5.69 Å². The smallest absolute Gasteiger partial charge is 0.146 e. The predicted octanol–water partition coefficient (Wildman–Crippen LogP) is 3.11. The first kappa shape index (κ1) is 10.3. The van der Waals surface area contributed by atoms with Gasteiger partial charge in [0.2, 0.25) is 0 Å². The Morgan fingerprint density at radius 1 is 1.20 bits per heavy atom.